The lowest BCUT2D eigenvalue weighted by Gasteiger charge is -2.31. The number of ether oxygens (including phenoxy) is 1. The summed E-state index contributed by atoms with van der Waals surface area (Å²) in [7, 11) is 1.12. The molecule has 2 aromatic rings. The molecule has 9 heteroatoms. The minimum absolute atomic E-state index is 0.0133. The summed E-state index contributed by atoms with van der Waals surface area (Å²) in [5, 5.41) is 15.4. The van der Waals surface area contributed by atoms with Gasteiger partial charge in [-0.15, -0.1) is 0 Å². The van der Waals surface area contributed by atoms with Gasteiger partial charge in [0.25, 0.3) is 0 Å². The zero-order chi connectivity index (χ0) is 25.0. The first-order valence-electron chi connectivity index (χ1n) is 10.5. The van der Waals surface area contributed by atoms with E-state index in [4.69, 9.17) is 4.74 Å². The van der Waals surface area contributed by atoms with Gasteiger partial charge in [0.05, 0.1) is 29.5 Å². The fourth-order valence-corrected chi connectivity index (χ4v) is 4.92. The minimum Gasteiger partial charge on any atom is -0.468 e. The number of nitrogens with one attached hydrogen (secondary N) is 2. The van der Waals surface area contributed by atoms with Crippen molar-refractivity contribution in [3.63, 3.8) is 0 Å². The maximum Gasteiger partial charge on any atom is 0.319 e. The minimum atomic E-state index is -1.44. The lowest BCUT2D eigenvalue weighted by atomic mass is 9.78. The molecule has 0 saturated heterocycles. The van der Waals surface area contributed by atoms with Crippen LogP contribution in [0.3, 0.4) is 0 Å². The number of hydrogen-bond acceptors (Lipinski definition) is 6. The fourth-order valence-electron chi connectivity index (χ4n) is 4.07. The van der Waals surface area contributed by atoms with Crippen LogP contribution in [0.4, 0.5) is 10.1 Å². The highest BCUT2D eigenvalue weighted by molar-refractivity contribution is 8.03. The molecule has 2 amide bonds. The fraction of sp³-hybridized carbons (Fsp3) is 0.280. The Bertz CT molecular complexity index is 1210. The van der Waals surface area contributed by atoms with Gasteiger partial charge in [-0.2, -0.15) is 5.26 Å². The summed E-state index contributed by atoms with van der Waals surface area (Å²) < 4.78 is 19.4. The van der Waals surface area contributed by atoms with Crippen molar-refractivity contribution in [2.24, 2.45) is 5.92 Å². The monoisotopic (exact) mass is 481 g/mol. The second-order valence-electron chi connectivity index (χ2n) is 7.95. The van der Waals surface area contributed by atoms with Gasteiger partial charge in [-0.3, -0.25) is 14.4 Å². The number of esters is 1. The highest BCUT2D eigenvalue weighted by Gasteiger charge is 2.45. The number of thioether (sulfide) groups is 1. The Morgan fingerprint density at radius 3 is 2.44 bits per heavy atom. The quantitative estimate of drug-likeness (QED) is 0.479. The van der Waals surface area contributed by atoms with E-state index in [0.29, 0.717) is 5.69 Å². The van der Waals surface area contributed by atoms with Crippen molar-refractivity contribution in [2.45, 2.75) is 26.7 Å². The number of anilines is 1. The number of allylic oxidation sites excluding steroid dienone is 1. The first-order chi connectivity index (χ1) is 16.2. The predicted molar refractivity (Wildman–Crippen MR) is 127 cm³/mol. The van der Waals surface area contributed by atoms with Crippen LogP contribution in [0.1, 0.15) is 28.2 Å². The van der Waals surface area contributed by atoms with Crippen LogP contribution in [0.2, 0.25) is 0 Å². The standard InChI is InChI=1S/C25H24FN3O4S/c1-13-9-14(2)22(15(3)10-13)28-19(30)12-34-24-17(11-27)20(16-7-5-6-8-18(16)26)21(23(31)29-24)25(32)33-4/h5-10,20-21H,12H2,1-4H3,(H,28,30)(H,29,31)/t20-,21-/m0/s1. The first-order valence-corrected chi connectivity index (χ1v) is 11.4. The van der Waals surface area contributed by atoms with E-state index in [2.05, 4.69) is 10.6 Å². The Hall–Kier alpha value is -3.64. The maximum absolute atomic E-state index is 14.7. The van der Waals surface area contributed by atoms with Gasteiger partial charge in [0.2, 0.25) is 11.8 Å². The summed E-state index contributed by atoms with van der Waals surface area (Å²) in [5.41, 5.74) is 3.63. The molecule has 0 bridgehead atoms. The molecule has 0 unspecified atom stereocenters. The van der Waals surface area contributed by atoms with Gasteiger partial charge in [0.1, 0.15) is 11.7 Å². The zero-order valence-electron chi connectivity index (χ0n) is 19.2. The van der Waals surface area contributed by atoms with Crippen molar-refractivity contribution >= 4 is 35.2 Å². The Kier molecular flexibility index (Phi) is 7.74. The van der Waals surface area contributed by atoms with E-state index in [9.17, 15) is 24.0 Å². The van der Waals surface area contributed by atoms with Crippen LogP contribution in [-0.4, -0.2) is 30.6 Å². The summed E-state index contributed by atoms with van der Waals surface area (Å²) in [5.74, 6) is -5.33. The van der Waals surface area contributed by atoms with Crippen molar-refractivity contribution in [3.05, 3.63) is 75.1 Å². The molecule has 176 valence electrons. The molecule has 0 saturated carbocycles. The number of amides is 2. The number of methoxy groups -OCH3 is 1. The summed E-state index contributed by atoms with van der Waals surface area (Å²) in [4.78, 5) is 37.9. The molecule has 2 aromatic carbocycles. The van der Waals surface area contributed by atoms with Gasteiger partial charge >= 0.3 is 5.97 Å². The van der Waals surface area contributed by atoms with E-state index in [1.807, 2.05) is 39.0 Å². The zero-order valence-corrected chi connectivity index (χ0v) is 20.0. The van der Waals surface area contributed by atoms with E-state index >= 15 is 0 Å². The Morgan fingerprint density at radius 1 is 1.21 bits per heavy atom. The Balaban J connectivity index is 1.91. The van der Waals surface area contributed by atoms with Crippen LogP contribution in [0.5, 0.6) is 0 Å². The molecular weight excluding hydrogens is 457 g/mol. The molecule has 3 rings (SSSR count). The molecule has 2 atom stereocenters. The maximum atomic E-state index is 14.7. The number of aryl methyl sites for hydroxylation is 3. The predicted octanol–water partition coefficient (Wildman–Crippen LogP) is 3.86. The Labute approximate surface area is 201 Å². The van der Waals surface area contributed by atoms with Crippen molar-refractivity contribution in [1.29, 1.82) is 5.26 Å². The number of nitrogens with zero attached hydrogens (tertiary/aromatic N) is 1. The van der Waals surface area contributed by atoms with Crippen LogP contribution >= 0.6 is 11.8 Å². The molecule has 1 aliphatic heterocycles. The van der Waals surface area contributed by atoms with Crippen LogP contribution in [-0.2, 0) is 19.1 Å². The van der Waals surface area contributed by atoms with Gasteiger partial charge < -0.3 is 15.4 Å². The SMILES string of the molecule is COC(=O)[C@@H]1C(=O)NC(SCC(=O)Nc2c(C)cc(C)cc2C)=C(C#N)[C@@H]1c1ccccc1F. The molecule has 2 N–H and O–H groups in total. The van der Waals surface area contributed by atoms with Crippen molar-refractivity contribution in [2.75, 3.05) is 18.2 Å². The molecule has 0 spiro atoms. The van der Waals surface area contributed by atoms with Gasteiger partial charge in [0.15, 0.2) is 0 Å². The number of benzene rings is 2. The van der Waals surface area contributed by atoms with Crippen molar-refractivity contribution in [1.82, 2.24) is 5.32 Å². The molecule has 34 heavy (non-hydrogen) atoms. The molecular formula is C25H24FN3O4S. The number of carbonyl (C=O) groups is 3. The highest BCUT2D eigenvalue weighted by Crippen LogP contribution is 2.41. The second-order valence-corrected chi connectivity index (χ2v) is 8.94. The first kappa shape index (κ1) is 25.0. The van der Waals surface area contributed by atoms with Crippen LogP contribution in [0.15, 0.2) is 47.0 Å². The molecule has 0 radical (unpaired) electrons. The van der Waals surface area contributed by atoms with E-state index in [1.165, 1.54) is 18.2 Å². The largest absolute Gasteiger partial charge is 0.468 e. The third-order valence-electron chi connectivity index (χ3n) is 5.51. The van der Waals surface area contributed by atoms with Crippen LogP contribution < -0.4 is 10.6 Å². The number of rotatable bonds is 6. The normalized spacial score (nSPS) is 17.6. The highest BCUT2D eigenvalue weighted by atomic mass is 32.2. The van der Waals surface area contributed by atoms with Crippen molar-refractivity contribution in [3.8, 4) is 6.07 Å². The summed E-state index contributed by atoms with van der Waals surface area (Å²) >= 11 is 0.940. The summed E-state index contributed by atoms with van der Waals surface area (Å²) in [6.45, 7) is 5.76. The number of carbonyl (C=O) groups excluding carboxylic acids is 3. The second kappa shape index (κ2) is 10.5. The smallest absolute Gasteiger partial charge is 0.319 e. The molecule has 7 nitrogen and oxygen atoms in total. The molecule has 1 heterocycles. The summed E-state index contributed by atoms with van der Waals surface area (Å²) in [6, 6.07) is 11.6. The topological polar surface area (TPSA) is 108 Å². The van der Waals surface area contributed by atoms with Crippen LogP contribution in [0.25, 0.3) is 0 Å². The van der Waals surface area contributed by atoms with Gasteiger partial charge in [-0.1, -0.05) is 47.7 Å². The van der Waals surface area contributed by atoms with E-state index in [0.717, 1.165) is 35.6 Å². The van der Waals surface area contributed by atoms with E-state index < -0.39 is 29.5 Å². The van der Waals surface area contributed by atoms with Gasteiger partial charge in [0, 0.05) is 11.6 Å². The van der Waals surface area contributed by atoms with Gasteiger partial charge in [-0.05, 0) is 43.5 Å². The average molecular weight is 482 g/mol. The van der Waals surface area contributed by atoms with E-state index in [1.54, 1.807) is 6.07 Å². The van der Waals surface area contributed by atoms with E-state index in [-0.39, 0.29) is 27.8 Å². The molecule has 0 fully saturated rings. The molecule has 0 aromatic heterocycles. The molecule has 0 aliphatic carbocycles. The number of nitriles is 1. The van der Waals surface area contributed by atoms with Crippen molar-refractivity contribution < 1.29 is 23.5 Å². The van der Waals surface area contributed by atoms with Crippen LogP contribution in [0, 0.1) is 43.8 Å². The Morgan fingerprint density at radius 2 is 1.85 bits per heavy atom. The third-order valence-corrected chi connectivity index (χ3v) is 6.53. The van der Waals surface area contributed by atoms with Gasteiger partial charge in [-0.25, -0.2) is 4.39 Å². The lowest BCUT2D eigenvalue weighted by Crippen LogP contribution is -2.44. The molecule has 1 aliphatic rings. The third kappa shape index (κ3) is 5.13. The lowest BCUT2D eigenvalue weighted by molar-refractivity contribution is -0.150. The summed E-state index contributed by atoms with van der Waals surface area (Å²) in [6.07, 6.45) is 0. The average Bonchev–Trinajstić information content (AvgIpc) is 2.79. The number of hydrogen-bond donors (Lipinski definition) is 2. The number of halogens is 1.